The van der Waals surface area contributed by atoms with E-state index in [1.165, 1.54) is 47.0 Å². The molecule has 1 aliphatic rings. The lowest BCUT2D eigenvalue weighted by molar-refractivity contribution is 0.419. The van der Waals surface area contributed by atoms with E-state index in [1.54, 1.807) is 7.11 Å². The molecule has 0 N–H and O–H groups in total. The van der Waals surface area contributed by atoms with Crippen LogP contribution in [0.25, 0.3) is 27.4 Å². The Kier molecular flexibility index (Phi) is 4.36. The SMILES string of the molecule is COc1cccc2c1ncc1cc(C3=CCCCC3)n(Cc3ccccc3)c12. The summed E-state index contributed by atoms with van der Waals surface area (Å²) >= 11 is 0. The van der Waals surface area contributed by atoms with Gasteiger partial charge in [0.1, 0.15) is 11.3 Å². The quantitative estimate of drug-likeness (QED) is 0.428. The minimum Gasteiger partial charge on any atom is -0.494 e. The summed E-state index contributed by atoms with van der Waals surface area (Å²) in [5, 5.41) is 2.34. The van der Waals surface area contributed by atoms with Gasteiger partial charge in [-0.15, -0.1) is 0 Å². The third-order valence-corrected chi connectivity index (χ3v) is 5.74. The summed E-state index contributed by atoms with van der Waals surface area (Å²) < 4.78 is 8.05. The van der Waals surface area contributed by atoms with E-state index in [4.69, 9.17) is 9.72 Å². The van der Waals surface area contributed by atoms with Crippen molar-refractivity contribution in [3.63, 3.8) is 0 Å². The first-order valence-electron chi connectivity index (χ1n) is 10.0. The highest BCUT2D eigenvalue weighted by atomic mass is 16.5. The molecule has 0 unspecified atom stereocenters. The molecule has 0 saturated heterocycles. The number of pyridine rings is 1. The number of para-hydroxylation sites is 1. The van der Waals surface area contributed by atoms with Crippen molar-refractivity contribution in [1.29, 1.82) is 0 Å². The van der Waals surface area contributed by atoms with Crippen LogP contribution in [-0.2, 0) is 6.54 Å². The van der Waals surface area contributed by atoms with Crippen LogP contribution < -0.4 is 4.74 Å². The largest absolute Gasteiger partial charge is 0.494 e. The van der Waals surface area contributed by atoms with Crippen molar-refractivity contribution in [3.8, 4) is 5.75 Å². The zero-order valence-electron chi connectivity index (χ0n) is 16.2. The van der Waals surface area contributed by atoms with Crippen molar-refractivity contribution in [2.24, 2.45) is 0 Å². The van der Waals surface area contributed by atoms with E-state index in [2.05, 4.69) is 59.2 Å². The Labute approximate surface area is 165 Å². The van der Waals surface area contributed by atoms with Crippen molar-refractivity contribution in [2.75, 3.05) is 7.11 Å². The number of benzene rings is 2. The van der Waals surface area contributed by atoms with E-state index in [0.29, 0.717) is 0 Å². The normalized spacial score (nSPS) is 14.4. The van der Waals surface area contributed by atoms with Crippen molar-refractivity contribution in [1.82, 2.24) is 9.55 Å². The van der Waals surface area contributed by atoms with Gasteiger partial charge in [-0.2, -0.15) is 0 Å². The fourth-order valence-corrected chi connectivity index (χ4v) is 4.38. The third kappa shape index (κ3) is 2.88. The molecule has 0 aliphatic heterocycles. The lowest BCUT2D eigenvalue weighted by Crippen LogP contribution is -2.06. The van der Waals surface area contributed by atoms with Gasteiger partial charge in [0.25, 0.3) is 0 Å². The number of allylic oxidation sites excluding steroid dienone is 2. The van der Waals surface area contributed by atoms with Crippen LogP contribution in [0.5, 0.6) is 5.75 Å². The molecular weight excluding hydrogens is 344 g/mol. The van der Waals surface area contributed by atoms with Gasteiger partial charge in [0.05, 0.1) is 12.6 Å². The van der Waals surface area contributed by atoms with Gasteiger partial charge in [-0.3, -0.25) is 4.98 Å². The van der Waals surface area contributed by atoms with E-state index in [-0.39, 0.29) is 0 Å². The number of hydrogen-bond acceptors (Lipinski definition) is 2. The van der Waals surface area contributed by atoms with Crippen LogP contribution in [0.15, 0.2) is 66.9 Å². The molecule has 4 aromatic rings. The maximum Gasteiger partial charge on any atom is 0.145 e. The van der Waals surface area contributed by atoms with E-state index in [9.17, 15) is 0 Å². The van der Waals surface area contributed by atoms with Gasteiger partial charge in [-0.25, -0.2) is 0 Å². The minimum atomic E-state index is 0.824. The number of methoxy groups -OCH3 is 1. The van der Waals surface area contributed by atoms with E-state index in [1.807, 2.05) is 12.3 Å². The average molecular weight is 368 g/mol. The molecule has 0 radical (unpaired) electrons. The van der Waals surface area contributed by atoms with Crippen LogP contribution in [0.3, 0.4) is 0 Å². The molecule has 0 spiro atoms. The van der Waals surface area contributed by atoms with Gasteiger partial charge >= 0.3 is 0 Å². The standard InChI is InChI=1S/C25H24N2O/c1-28-23-14-8-13-21-24(23)26-16-20-15-22(19-11-6-3-7-12-19)27(25(20)21)17-18-9-4-2-5-10-18/h2,4-5,8-11,13-16H,3,6-7,12,17H2,1H3. The fraction of sp³-hybridized carbons (Fsp3) is 0.240. The highest BCUT2D eigenvalue weighted by Gasteiger charge is 2.18. The fourth-order valence-electron chi connectivity index (χ4n) is 4.38. The van der Waals surface area contributed by atoms with Crippen molar-refractivity contribution >= 4 is 27.4 Å². The molecule has 0 fully saturated rings. The Bertz CT molecular complexity index is 1170. The molecule has 2 aromatic carbocycles. The van der Waals surface area contributed by atoms with Crippen LogP contribution in [0.4, 0.5) is 0 Å². The van der Waals surface area contributed by atoms with E-state index in [0.717, 1.165) is 29.6 Å². The number of fused-ring (bicyclic) bond motifs is 3. The lowest BCUT2D eigenvalue weighted by atomic mass is 9.97. The number of hydrogen-bond donors (Lipinski definition) is 0. The molecule has 3 nitrogen and oxygen atoms in total. The maximum atomic E-state index is 5.57. The van der Waals surface area contributed by atoms with Gasteiger partial charge in [0.15, 0.2) is 0 Å². The predicted molar refractivity (Wildman–Crippen MR) is 116 cm³/mol. The summed E-state index contributed by atoms with van der Waals surface area (Å²) in [5.74, 6) is 0.824. The Hall–Kier alpha value is -3.07. The molecule has 1 aliphatic carbocycles. The zero-order chi connectivity index (χ0) is 18.9. The molecule has 0 bridgehead atoms. The molecule has 2 aromatic heterocycles. The number of nitrogens with zero attached hydrogens (tertiary/aromatic N) is 2. The maximum absolute atomic E-state index is 5.57. The molecule has 0 atom stereocenters. The van der Waals surface area contributed by atoms with Gasteiger partial charge in [-0.05, 0) is 49.0 Å². The molecule has 0 saturated carbocycles. The lowest BCUT2D eigenvalue weighted by Gasteiger charge is -2.17. The Balaban J connectivity index is 1.80. The average Bonchev–Trinajstić information content (AvgIpc) is 3.13. The zero-order valence-corrected chi connectivity index (χ0v) is 16.2. The highest BCUT2D eigenvalue weighted by Crippen LogP contribution is 2.36. The molecule has 0 amide bonds. The molecule has 3 heteroatoms. The first kappa shape index (κ1) is 17.1. The third-order valence-electron chi connectivity index (χ3n) is 5.74. The summed E-state index contributed by atoms with van der Waals surface area (Å²) in [6.07, 6.45) is 9.31. The van der Waals surface area contributed by atoms with Crippen LogP contribution in [-0.4, -0.2) is 16.7 Å². The molecule has 140 valence electrons. The van der Waals surface area contributed by atoms with Gasteiger partial charge < -0.3 is 9.30 Å². The summed E-state index contributed by atoms with van der Waals surface area (Å²) in [5.41, 5.74) is 6.28. The Morgan fingerprint density at radius 3 is 2.71 bits per heavy atom. The van der Waals surface area contributed by atoms with E-state index >= 15 is 0 Å². The number of rotatable bonds is 4. The summed E-state index contributed by atoms with van der Waals surface area (Å²) in [7, 11) is 1.71. The van der Waals surface area contributed by atoms with Crippen LogP contribution in [0.2, 0.25) is 0 Å². The Morgan fingerprint density at radius 2 is 1.93 bits per heavy atom. The topological polar surface area (TPSA) is 27.1 Å². The number of aromatic nitrogens is 2. The monoisotopic (exact) mass is 368 g/mol. The van der Waals surface area contributed by atoms with E-state index < -0.39 is 0 Å². The number of ether oxygens (including phenoxy) is 1. The molecule has 28 heavy (non-hydrogen) atoms. The van der Waals surface area contributed by atoms with Crippen LogP contribution in [0, 0.1) is 0 Å². The second-order valence-electron chi connectivity index (χ2n) is 7.50. The first-order valence-corrected chi connectivity index (χ1v) is 10.0. The Morgan fingerprint density at radius 1 is 1.04 bits per heavy atom. The van der Waals surface area contributed by atoms with Gasteiger partial charge in [0.2, 0.25) is 0 Å². The smallest absolute Gasteiger partial charge is 0.145 e. The van der Waals surface area contributed by atoms with Gasteiger partial charge in [-0.1, -0.05) is 48.5 Å². The minimum absolute atomic E-state index is 0.824. The molecule has 2 heterocycles. The molecule has 5 rings (SSSR count). The van der Waals surface area contributed by atoms with Crippen LogP contribution in [0.1, 0.15) is 36.9 Å². The first-order chi connectivity index (χ1) is 13.8. The molecular formula is C25H24N2O. The summed E-state index contributed by atoms with van der Waals surface area (Å²) in [6.45, 7) is 0.855. The second-order valence-corrected chi connectivity index (χ2v) is 7.50. The second kappa shape index (κ2) is 7.16. The van der Waals surface area contributed by atoms with Crippen LogP contribution >= 0.6 is 0 Å². The summed E-state index contributed by atoms with van der Waals surface area (Å²) in [6, 6.07) is 19.2. The highest BCUT2D eigenvalue weighted by molar-refractivity contribution is 6.07. The summed E-state index contributed by atoms with van der Waals surface area (Å²) in [4.78, 5) is 4.73. The van der Waals surface area contributed by atoms with Crippen molar-refractivity contribution in [2.45, 2.75) is 32.2 Å². The predicted octanol–water partition coefficient (Wildman–Crippen LogP) is 6.20. The van der Waals surface area contributed by atoms with Crippen molar-refractivity contribution in [3.05, 3.63) is 78.1 Å². The van der Waals surface area contributed by atoms with Gasteiger partial charge in [0, 0.05) is 29.2 Å². The van der Waals surface area contributed by atoms with Crippen molar-refractivity contribution < 1.29 is 4.74 Å².